The minimum absolute atomic E-state index is 0. The molecule has 8 nitrogen and oxygen atoms in total. The Kier molecular flexibility index (Phi) is 51.6. The molecule has 145 heavy (non-hydrogen) atoms. The Morgan fingerprint density at radius 3 is 0.759 bits per heavy atom. The van der Waals surface area contributed by atoms with Crippen molar-refractivity contribution in [3.8, 4) is 90.1 Å². The van der Waals surface area contributed by atoms with E-state index in [1.807, 2.05) is 176 Å². The molecule has 0 bridgehead atoms. The molecule has 20 heteroatoms. The topological polar surface area (TPSA) is 103 Å². The summed E-state index contributed by atoms with van der Waals surface area (Å²) < 4.78 is 0. The van der Waals surface area contributed by atoms with Gasteiger partial charge >= 0.3 is 0 Å². The fourth-order valence-corrected chi connectivity index (χ4v) is 26.4. The third kappa shape index (κ3) is 40.9. The molecule has 4 radical (unpaired) electrons. The molecule has 770 valence electrons. The van der Waals surface area contributed by atoms with Gasteiger partial charge in [0, 0.05) is 130 Å². The van der Waals surface area contributed by atoms with E-state index >= 15 is 0 Å². The van der Waals surface area contributed by atoms with Gasteiger partial charge < -0.3 is 39.9 Å². The van der Waals surface area contributed by atoms with Gasteiger partial charge in [0.1, 0.15) is 0 Å². The zero-order chi connectivity index (χ0) is 103. The van der Waals surface area contributed by atoms with E-state index in [0.29, 0.717) is 11.8 Å². The summed E-state index contributed by atoms with van der Waals surface area (Å²) in [6.45, 7) is 72.2. The molecule has 0 aliphatic heterocycles. The third-order valence-electron chi connectivity index (χ3n) is 23.9. The summed E-state index contributed by atoms with van der Waals surface area (Å²) >= 11 is 0. The van der Waals surface area contributed by atoms with Crippen LogP contribution in [0.2, 0.25) is 157 Å². The monoisotopic (exact) mass is 2760 g/mol. The molecule has 0 amide bonds. The minimum atomic E-state index is -1.34. The molecular formula is C125H154Ir4N8Si8-8. The van der Waals surface area contributed by atoms with E-state index in [4.69, 9.17) is 0 Å². The van der Waals surface area contributed by atoms with Gasteiger partial charge in [0.2, 0.25) is 0 Å². The summed E-state index contributed by atoms with van der Waals surface area (Å²) in [6.07, 6.45) is 20.9. The van der Waals surface area contributed by atoms with Crippen LogP contribution < -0.4 is 41.5 Å². The van der Waals surface area contributed by atoms with Gasteiger partial charge in [-0.05, 0) is 125 Å². The third-order valence-corrected chi connectivity index (χ3v) is 40.3. The van der Waals surface area contributed by atoms with Crippen molar-refractivity contribution in [1.29, 1.82) is 0 Å². The SMILES string of the molecule is CC(C)Cc1cc(-c2[c-]cccc2)ncc1[Si](C)(C)C.CC(C)c1cc(-c2[c-]cccc2)ncc1[Si](C)(C)C.CCCc1cc(-c2[c-]cccc2)ncc1[Si](C)(C)C.CCc1cc(-c2[c-]cccc2)ncc1[Si](C)(C)C.C[Si](C)(C)c1ccc(-c2[c-]cccc2)nc1.C[Si](C)(C)c1ccc(-c2[c-]cccc2)nc1.C[Si](C)(C)c1ccc(-c2[c-]cccc2)nc1.Cc1ccc(-c2[c-]ccc([Si](C)(C)C)c2)nc1.[Ir].[Ir].[Ir].[Ir]. The Morgan fingerprint density at radius 2 is 0.497 bits per heavy atom. The number of benzene rings is 8. The first-order valence-electron chi connectivity index (χ1n) is 50.1. The number of hydrogen-bond donors (Lipinski definition) is 0. The van der Waals surface area contributed by atoms with E-state index < -0.39 is 64.6 Å². The van der Waals surface area contributed by atoms with Crippen LogP contribution in [0.1, 0.15) is 81.7 Å². The summed E-state index contributed by atoms with van der Waals surface area (Å²) in [7, 11) is -10.2. The normalized spacial score (nSPS) is 11.3. The maximum Gasteiger partial charge on any atom is 0.0799 e. The van der Waals surface area contributed by atoms with Gasteiger partial charge in [0.25, 0.3) is 0 Å². The van der Waals surface area contributed by atoms with Gasteiger partial charge in [0.15, 0.2) is 0 Å². The van der Waals surface area contributed by atoms with Gasteiger partial charge in [-0.15, -0.1) is 286 Å². The maximum absolute atomic E-state index is 4.69. The average Bonchev–Trinajstić information content (AvgIpc) is 0.801. The van der Waals surface area contributed by atoms with Crippen LogP contribution in [0, 0.1) is 61.4 Å². The van der Waals surface area contributed by atoms with Crippen molar-refractivity contribution < 1.29 is 80.4 Å². The summed E-state index contributed by atoms with van der Waals surface area (Å²) in [5.41, 5.74) is 23.8. The summed E-state index contributed by atoms with van der Waals surface area (Å²) in [5.74, 6) is 1.20. The van der Waals surface area contributed by atoms with Gasteiger partial charge in [-0.25, -0.2) is 0 Å². The Bertz CT molecular complexity index is 6250. The predicted molar refractivity (Wildman–Crippen MR) is 633 cm³/mol. The fraction of sp³-hybridized carbons (Fsp3) is 0.296. The molecule has 0 atom stereocenters. The van der Waals surface area contributed by atoms with Crippen LogP contribution in [0.15, 0.2) is 310 Å². The van der Waals surface area contributed by atoms with Crippen LogP contribution in [-0.2, 0) is 99.7 Å². The first-order chi connectivity index (χ1) is 66.5. The molecule has 0 fully saturated rings. The predicted octanol–water partition coefficient (Wildman–Crippen LogP) is 28.9. The molecular weight excluding hydrogens is 2610 g/mol. The van der Waals surface area contributed by atoms with Crippen LogP contribution in [0.3, 0.4) is 0 Å². The minimum Gasteiger partial charge on any atom is -0.305 e. The second kappa shape index (κ2) is 59.0. The van der Waals surface area contributed by atoms with Gasteiger partial charge in [0.05, 0.1) is 64.6 Å². The number of hydrogen-bond acceptors (Lipinski definition) is 8. The Balaban J connectivity index is 0.000000291. The summed E-state index contributed by atoms with van der Waals surface area (Å²) in [5, 5.41) is 11.6. The van der Waals surface area contributed by atoms with Crippen LogP contribution in [-0.4, -0.2) is 104 Å². The zero-order valence-electron chi connectivity index (χ0n) is 91.8. The van der Waals surface area contributed by atoms with Crippen LogP contribution >= 0.6 is 0 Å². The van der Waals surface area contributed by atoms with Gasteiger partial charge in [-0.3, -0.25) is 0 Å². The van der Waals surface area contributed by atoms with Crippen LogP contribution in [0.25, 0.3) is 90.1 Å². The van der Waals surface area contributed by atoms with Crippen molar-refractivity contribution in [2.75, 3.05) is 0 Å². The average molecular weight is 2760 g/mol. The Hall–Kier alpha value is -8.71. The largest absolute Gasteiger partial charge is 0.305 e. The Labute approximate surface area is 937 Å². The zero-order valence-corrected chi connectivity index (χ0v) is 109. The quantitative estimate of drug-likeness (QED) is 0.0488. The number of pyridine rings is 8. The molecule has 0 saturated carbocycles. The standard InChI is InChI=1S/C18H24NSi.2C17H22NSi.C16H20NSi.C15H18NSi.3C14H16NSi.4Ir/c1-14(2)11-16-12-17(15-9-7-6-8-10-15)19-13-18(16)20(3,4)5;1-13(2)15-11-16(14-9-7-6-8-10-14)18-12-17(15)19(3,4)5;1-5-9-15-12-16(14-10-7-6-8-11-14)18-13-17(15)19(2,3)4;1-5-13-11-15(14-9-7-6-8-10-14)17-12-16(13)18(2,3)4;1-12-8-9-15(16-11-12)13-6-5-7-14(10-13)17(2,3)4;3*1-16(2,3)13-9-10-14(15-11-13)12-7-5-4-6-8-12;;;;/h6-9,12-14H,11H2,1-5H3;6-9,11-13H,1-5H3;6-8,10,12-13H,5,9H2,1-4H3;6-9,11-12H,5H2,1-4H3;5,7-11H,1-4H3;3*4-7,9-11H,1-3H3;;;;/q8*-1;;;;. The number of rotatable bonds is 22. The van der Waals surface area contributed by atoms with E-state index in [9.17, 15) is 0 Å². The molecule has 16 aromatic rings. The summed E-state index contributed by atoms with van der Waals surface area (Å²) in [4.78, 5) is 36.7. The van der Waals surface area contributed by atoms with E-state index in [2.05, 4.69) is 428 Å². The summed E-state index contributed by atoms with van der Waals surface area (Å²) in [6, 6.07) is 114. The van der Waals surface area contributed by atoms with Gasteiger partial charge in [-0.1, -0.05) is 300 Å². The van der Waals surface area contributed by atoms with Crippen molar-refractivity contribution in [3.05, 3.63) is 387 Å². The van der Waals surface area contributed by atoms with E-state index in [-0.39, 0.29) is 80.4 Å². The van der Waals surface area contributed by atoms with Crippen molar-refractivity contribution in [2.24, 2.45) is 5.92 Å². The van der Waals surface area contributed by atoms with E-state index in [1.165, 1.54) is 75.7 Å². The van der Waals surface area contributed by atoms with Crippen molar-refractivity contribution in [3.63, 3.8) is 0 Å². The fourth-order valence-electron chi connectivity index (χ4n) is 15.6. The smallest absolute Gasteiger partial charge is 0.0799 e. The molecule has 0 saturated heterocycles. The first kappa shape index (κ1) is 127. The second-order valence-electron chi connectivity index (χ2n) is 45.1. The van der Waals surface area contributed by atoms with Crippen molar-refractivity contribution in [1.82, 2.24) is 39.9 Å². The number of aromatic nitrogens is 8. The molecule has 8 aromatic carbocycles. The van der Waals surface area contributed by atoms with E-state index in [0.717, 1.165) is 109 Å². The van der Waals surface area contributed by atoms with Gasteiger partial charge in [-0.2, -0.15) is 0 Å². The molecule has 16 rings (SSSR count). The molecule has 0 unspecified atom stereocenters. The molecule has 0 aliphatic rings. The molecule has 0 N–H and O–H groups in total. The Morgan fingerprint density at radius 1 is 0.234 bits per heavy atom. The molecule has 8 heterocycles. The van der Waals surface area contributed by atoms with E-state index in [1.54, 1.807) is 0 Å². The second-order valence-corrected chi connectivity index (χ2v) is 85.6. The van der Waals surface area contributed by atoms with Crippen molar-refractivity contribution >= 4 is 106 Å². The molecule has 0 spiro atoms. The van der Waals surface area contributed by atoms with Crippen LogP contribution in [0.4, 0.5) is 0 Å². The van der Waals surface area contributed by atoms with Crippen LogP contribution in [0.5, 0.6) is 0 Å². The molecule has 0 aliphatic carbocycles. The first-order valence-corrected chi connectivity index (χ1v) is 78.1. The number of aryl methyl sites for hydroxylation is 3. The number of nitrogens with zero attached hydrogens (tertiary/aromatic N) is 8. The van der Waals surface area contributed by atoms with Crippen molar-refractivity contribution in [2.45, 2.75) is 237 Å². The maximum atomic E-state index is 4.69. The molecule has 8 aromatic heterocycles.